The van der Waals surface area contributed by atoms with E-state index in [-0.39, 0.29) is 5.69 Å². The zero-order valence-corrected chi connectivity index (χ0v) is 15.5. The number of methoxy groups -OCH3 is 2. The Bertz CT molecular complexity index is 957. The number of nitrogens with zero attached hydrogens (tertiary/aromatic N) is 2. The molecule has 3 aromatic rings. The van der Waals surface area contributed by atoms with E-state index in [1.807, 2.05) is 12.1 Å². The quantitative estimate of drug-likeness (QED) is 0.697. The molecule has 8 heteroatoms. The van der Waals surface area contributed by atoms with Gasteiger partial charge in [-0.15, -0.1) is 0 Å². The largest absolute Gasteiger partial charge is 0.495 e. The summed E-state index contributed by atoms with van der Waals surface area (Å²) in [4.78, 5) is 12.5. The molecular formula is C18H15Cl2N3O3. The van der Waals surface area contributed by atoms with Gasteiger partial charge < -0.3 is 14.8 Å². The normalized spacial score (nSPS) is 10.5. The van der Waals surface area contributed by atoms with Crippen molar-refractivity contribution < 1.29 is 14.3 Å². The maximum absolute atomic E-state index is 12.5. The number of hydrogen-bond acceptors (Lipinski definition) is 4. The van der Waals surface area contributed by atoms with Crippen LogP contribution in [0.4, 0.5) is 5.69 Å². The lowest BCUT2D eigenvalue weighted by Gasteiger charge is -2.12. The number of amides is 1. The van der Waals surface area contributed by atoms with Crippen LogP contribution in [0.15, 0.2) is 48.7 Å². The van der Waals surface area contributed by atoms with Crippen LogP contribution in [0.3, 0.4) is 0 Å². The predicted octanol–water partition coefficient (Wildman–Crippen LogP) is 4.45. The molecule has 0 radical (unpaired) electrons. The molecule has 134 valence electrons. The Morgan fingerprint density at radius 2 is 1.85 bits per heavy atom. The van der Waals surface area contributed by atoms with Gasteiger partial charge in [-0.05, 0) is 30.3 Å². The molecule has 0 spiro atoms. The van der Waals surface area contributed by atoms with Gasteiger partial charge in [-0.2, -0.15) is 5.10 Å². The van der Waals surface area contributed by atoms with Crippen LogP contribution in [0.25, 0.3) is 5.69 Å². The summed E-state index contributed by atoms with van der Waals surface area (Å²) in [6.45, 7) is 0. The average molecular weight is 392 g/mol. The van der Waals surface area contributed by atoms with Crippen molar-refractivity contribution in [1.29, 1.82) is 0 Å². The van der Waals surface area contributed by atoms with Crippen LogP contribution in [0, 0.1) is 0 Å². The van der Waals surface area contributed by atoms with Crippen molar-refractivity contribution in [2.75, 3.05) is 19.5 Å². The number of carbonyl (C=O) groups is 1. The van der Waals surface area contributed by atoms with E-state index in [9.17, 15) is 4.79 Å². The average Bonchev–Trinajstić information content (AvgIpc) is 3.12. The number of carbonyl (C=O) groups excluding carboxylic acids is 1. The minimum atomic E-state index is -0.398. The van der Waals surface area contributed by atoms with E-state index in [0.29, 0.717) is 27.2 Å². The zero-order chi connectivity index (χ0) is 18.7. The molecule has 0 saturated carbocycles. The summed E-state index contributed by atoms with van der Waals surface area (Å²) in [5, 5.41) is 7.96. The molecule has 0 aliphatic heterocycles. The van der Waals surface area contributed by atoms with E-state index in [1.54, 1.807) is 41.2 Å². The van der Waals surface area contributed by atoms with E-state index >= 15 is 0 Å². The maximum atomic E-state index is 12.5. The lowest BCUT2D eigenvalue weighted by Crippen LogP contribution is -2.14. The number of ether oxygens (including phenoxy) is 2. The minimum Gasteiger partial charge on any atom is -0.495 e. The first kappa shape index (κ1) is 18.1. The summed E-state index contributed by atoms with van der Waals surface area (Å²) in [5.41, 5.74) is 1.40. The fourth-order valence-corrected chi connectivity index (χ4v) is 2.78. The Hall–Kier alpha value is -2.70. The molecule has 26 heavy (non-hydrogen) atoms. The fraction of sp³-hybridized carbons (Fsp3) is 0.111. The van der Waals surface area contributed by atoms with Gasteiger partial charge in [0, 0.05) is 17.3 Å². The van der Waals surface area contributed by atoms with Crippen LogP contribution in [0.5, 0.6) is 11.5 Å². The number of benzene rings is 2. The van der Waals surface area contributed by atoms with Crippen molar-refractivity contribution in [3.8, 4) is 17.2 Å². The summed E-state index contributed by atoms with van der Waals surface area (Å²) >= 11 is 12.1. The minimum absolute atomic E-state index is 0.235. The molecule has 6 nitrogen and oxygen atoms in total. The molecule has 2 aromatic carbocycles. The number of nitrogens with one attached hydrogen (secondary N) is 1. The van der Waals surface area contributed by atoms with Crippen LogP contribution in [0.1, 0.15) is 10.5 Å². The summed E-state index contributed by atoms with van der Waals surface area (Å²) < 4.78 is 12.0. The number of rotatable bonds is 5. The van der Waals surface area contributed by atoms with Crippen molar-refractivity contribution in [3.63, 3.8) is 0 Å². The van der Waals surface area contributed by atoms with Gasteiger partial charge in [0.1, 0.15) is 11.5 Å². The Balaban J connectivity index is 1.84. The highest BCUT2D eigenvalue weighted by atomic mass is 35.5. The van der Waals surface area contributed by atoms with Crippen molar-refractivity contribution >= 4 is 34.8 Å². The fourth-order valence-electron chi connectivity index (χ4n) is 2.35. The van der Waals surface area contributed by atoms with Crippen molar-refractivity contribution in [2.24, 2.45) is 0 Å². The van der Waals surface area contributed by atoms with Crippen molar-refractivity contribution in [2.45, 2.75) is 0 Å². The smallest absolute Gasteiger partial charge is 0.276 e. The highest BCUT2D eigenvalue weighted by Gasteiger charge is 2.16. The molecule has 0 aliphatic carbocycles. The third-order valence-electron chi connectivity index (χ3n) is 3.62. The molecule has 0 unspecified atom stereocenters. The van der Waals surface area contributed by atoms with Gasteiger partial charge >= 0.3 is 0 Å². The van der Waals surface area contributed by atoms with E-state index in [1.165, 1.54) is 14.2 Å². The molecule has 0 bridgehead atoms. The molecule has 0 saturated heterocycles. The van der Waals surface area contributed by atoms with Gasteiger partial charge in [0.2, 0.25) is 0 Å². The molecule has 1 aromatic heterocycles. The zero-order valence-electron chi connectivity index (χ0n) is 14.0. The van der Waals surface area contributed by atoms with Gasteiger partial charge in [-0.1, -0.05) is 29.3 Å². The highest BCUT2D eigenvalue weighted by Crippen LogP contribution is 2.36. The van der Waals surface area contributed by atoms with E-state index in [2.05, 4.69) is 10.4 Å². The van der Waals surface area contributed by atoms with E-state index in [0.717, 1.165) is 5.69 Å². The molecule has 1 heterocycles. The molecular weight excluding hydrogens is 377 g/mol. The molecule has 0 atom stereocenters. The highest BCUT2D eigenvalue weighted by molar-refractivity contribution is 6.32. The lowest BCUT2D eigenvalue weighted by atomic mass is 10.2. The van der Waals surface area contributed by atoms with Crippen LogP contribution in [-0.4, -0.2) is 29.9 Å². The molecule has 0 aliphatic rings. The molecule has 0 fully saturated rings. The van der Waals surface area contributed by atoms with Crippen LogP contribution < -0.4 is 14.8 Å². The number of aromatic nitrogens is 2. The molecule has 1 N–H and O–H groups in total. The van der Waals surface area contributed by atoms with E-state index < -0.39 is 5.91 Å². The first-order chi connectivity index (χ1) is 12.5. The standard InChI is InChI=1S/C18H15Cl2N3O3/c1-25-16-10-17(26-2)15(9-13(16)20)21-18(24)14-6-7-23(22-14)12-5-3-4-11(19)8-12/h3-10H,1-2H3,(H,21,24). The van der Waals surface area contributed by atoms with Crippen LogP contribution in [0.2, 0.25) is 10.0 Å². The van der Waals surface area contributed by atoms with E-state index in [4.69, 9.17) is 32.7 Å². The van der Waals surface area contributed by atoms with Crippen molar-refractivity contribution in [3.05, 3.63) is 64.4 Å². The topological polar surface area (TPSA) is 65.4 Å². The SMILES string of the molecule is COc1cc(OC)c(NC(=O)c2ccn(-c3cccc(Cl)c3)n2)cc1Cl. The number of hydrogen-bond donors (Lipinski definition) is 1. The number of anilines is 1. The van der Waals surface area contributed by atoms with Gasteiger partial charge in [0.15, 0.2) is 5.69 Å². The monoisotopic (exact) mass is 391 g/mol. The predicted molar refractivity (Wildman–Crippen MR) is 101 cm³/mol. The van der Waals surface area contributed by atoms with Crippen LogP contribution in [-0.2, 0) is 0 Å². The molecule has 1 amide bonds. The third kappa shape index (κ3) is 3.76. The second-order valence-electron chi connectivity index (χ2n) is 5.27. The molecule has 3 rings (SSSR count). The Morgan fingerprint density at radius 3 is 2.54 bits per heavy atom. The summed E-state index contributed by atoms with van der Waals surface area (Å²) in [6, 6.07) is 11.9. The van der Waals surface area contributed by atoms with Gasteiger partial charge in [0.05, 0.1) is 30.6 Å². The third-order valence-corrected chi connectivity index (χ3v) is 4.15. The maximum Gasteiger partial charge on any atom is 0.276 e. The van der Waals surface area contributed by atoms with Crippen LogP contribution >= 0.6 is 23.2 Å². The number of halogens is 2. The summed E-state index contributed by atoms with van der Waals surface area (Å²) in [5.74, 6) is 0.478. The first-order valence-electron chi connectivity index (χ1n) is 7.56. The first-order valence-corrected chi connectivity index (χ1v) is 8.32. The van der Waals surface area contributed by atoms with Crippen molar-refractivity contribution in [1.82, 2.24) is 9.78 Å². The second-order valence-corrected chi connectivity index (χ2v) is 6.11. The van der Waals surface area contributed by atoms with Gasteiger partial charge in [0.25, 0.3) is 5.91 Å². The second kappa shape index (κ2) is 7.68. The Kier molecular flexibility index (Phi) is 5.35. The Labute approximate surface area is 160 Å². The van der Waals surface area contributed by atoms with Gasteiger partial charge in [-0.3, -0.25) is 4.79 Å². The lowest BCUT2D eigenvalue weighted by molar-refractivity contribution is 0.102. The summed E-state index contributed by atoms with van der Waals surface area (Å²) in [7, 11) is 2.99. The summed E-state index contributed by atoms with van der Waals surface area (Å²) in [6.07, 6.45) is 1.68. The Morgan fingerprint density at radius 1 is 1.08 bits per heavy atom. The van der Waals surface area contributed by atoms with Gasteiger partial charge in [-0.25, -0.2) is 4.68 Å².